The molecule has 3 aromatic carbocycles. The highest BCUT2D eigenvalue weighted by molar-refractivity contribution is 6.35. The first kappa shape index (κ1) is 27.5. The number of phenols is 1. The minimum atomic E-state index is -0.452. The average molecular weight is 600 g/mol. The molecule has 0 aliphatic carbocycles. The molecule has 4 aliphatic heterocycles. The number of piperidine rings is 1. The maximum absolute atomic E-state index is 16.9. The number of unbranched alkanes of at least 4 members (excludes halogenated alkanes) is 1. The SMILES string of the molecule is Cc1c(O)cc(-c2c(Cl)cc3c(N4CC5CCC(C4)N5)nc(CCCCN4C5CCCC4C5)nc3c2F)c2ccccc12. The number of hydrogen-bond acceptors (Lipinski definition) is 6. The van der Waals surface area contributed by atoms with Gasteiger partial charge in [-0.1, -0.05) is 42.3 Å². The molecule has 5 heterocycles. The van der Waals surface area contributed by atoms with Gasteiger partial charge in [-0.3, -0.25) is 4.90 Å². The predicted octanol–water partition coefficient (Wildman–Crippen LogP) is 7.15. The molecule has 2 N–H and O–H groups in total. The molecule has 4 atom stereocenters. The quantitative estimate of drug-likeness (QED) is 0.220. The number of piperazine rings is 1. The number of benzene rings is 3. The molecule has 43 heavy (non-hydrogen) atoms. The van der Waals surface area contributed by atoms with Crippen molar-refractivity contribution in [2.75, 3.05) is 24.5 Å². The zero-order chi connectivity index (χ0) is 29.2. The molecular weight excluding hydrogens is 561 g/mol. The molecule has 1 aromatic heterocycles. The summed E-state index contributed by atoms with van der Waals surface area (Å²) in [5, 5.41) is 17.2. The molecular formula is C35H39ClFN5O. The van der Waals surface area contributed by atoms with Gasteiger partial charge in [-0.05, 0) is 92.4 Å². The van der Waals surface area contributed by atoms with Crippen LogP contribution in [0.3, 0.4) is 0 Å². The number of aromatic hydroxyl groups is 1. The van der Waals surface area contributed by atoms with Crippen LogP contribution in [0.4, 0.5) is 10.2 Å². The molecule has 4 aliphatic rings. The molecule has 4 fully saturated rings. The van der Waals surface area contributed by atoms with Crippen LogP contribution in [0.5, 0.6) is 5.75 Å². The van der Waals surface area contributed by atoms with Crippen LogP contribution in [0.25, 0.3) is 32.8 Å². The van der Waals surface area contributed by atoms with E-state index in [4.69, 9.17) is 21.6 Å². The van der Waals surface area contributed by atoms with Gasteiger partial charge in [0, 0.05) is 54.6 Å². The highest BCUT2D eigenvalue weighted by Gasteiger charge is 2.40. The Morgan fingerprint density at radius 1 is 0.977 bits per heavy atom. The lowest BCUT2D eigenvalue weighted by Crippen LogP contribution is -2.58. The van der Waals surface area contributed by atoms with Gasteiger partial charge in [0.05, 0.1) is 5.02 Å². The molecule has 0 spiro atoms. The summed E-state index contributed by atoms with van der Waals surface area (Å²) >= 11 is 6.93. The Balaban J connectivity index is 1.19. The molecule has 0 radical (unpaired) electrons. The van der Waals surface area contributed by atoms with E-state index < -0.39 is 5.82 Å². The fourth-order valence-electron chi connectivity index (χ4n) is 8.35. The number of anilines is 1. The number of phenolic OH excluding ortho intramolecular Hbond substituents is 1. The summed E-state index contributed by atoms with van der Waals surface area (Å²) in [6.07, 6.45) is 10.5. The van der Waals surface area contributed by atoms with Crippen molar-refractivity contribution in [2.24, 2.45) is 0 Å². The van der Waals surface area contributed by atoms with Gasteiger partial charge in [0.2, 0.25) is 0 Å². The van der Waals surface area contributed by atoms with Gasteiger partial charge in [-0.15, -0.1) is 0 Å². The van der Waals surface area contributed by atoms with E-state index >= 15 is 4.39 Å². The second-order valence-electron chi connectivity index (χ2n) is 13.2. The van der Waals surface area contributed by atoms with Crippen molar-refractivity contribution >= 4 is 39.1 Å². The molecule has 8 rings (SSSR count). The van der Waals surface area contributed by atoms with E-state index in [1.165, 1.54) is 25.7 Å². The number of fused-ring (bicyclic) bond motifs is 6. The van der Waals surface area contributed by atoms with E-state index in [9.17, 15) is 5.11 Å². The van der Waals surface area contributed by atoms with E-state index in [0.29, 0.717) is 39.4 Å². The number of aromatic nitrogens is 2. The molecule has 6 nitrogen and oxygen atoms in total. The molecule has 4 aromatic rings. The van der Waals surface area contributed by atoms with Crippen LogP contribution in [0.2, 0.25) is 5.02 Å². The predicted molar refractivity (Wildman–Crippen MR) is 172 cm³/mol. The van der Waals surface area contributed by atoms with Gasteiger partial charge in [0.15, 0.2) is 5.82 Å². The maximum Gasteiger partial charge on any atom is 0.158 e. The van der Waals surface area contributed by atoms with E-state index in [1.807, 2.05) is 37.3 Å². The van der Waals surface area contributed by atoms with Gasteiger partial charge in [-0.2, -0.15) is 0 Å². The summed E-state index contributed by atoms with van der Waals surface area (Å²) in [5.41, 5.74) is 1.93. The number of halogens is 2. The number of hydrogen-bond donors (Lipinski definition) is 2. The second kappa shape index (κ2) is 10.9. The Labute approximate surface area is 257 Å². The van der Waals surface area contributed by atoms with Crippen LogP contribution in [-0.4, -0.2) is 63.8 Å². The third-order valence-electron chi connectivity index (χ3n) is 10.6. The van der Waals surface area contributed by atoms with Gasteiger partial charge in [0.25, 0.3) is 0 Å². The van der Waals surface area contributed by atoms with Gasteiger partial charge in [-0.25, -0.2) is 14.4 Å². The standard InChI is InChI=1S/C35H39ClFN5O/c1-20-25-9-2-3-10-26(25)27(17-30(20)43)32-29(36)16-28-34(33(32)37)39-31(11-4-5-14-42-23-7-6-8-24(42)15-23)40-35(28)41-18-21-12-13-22(19-41)38-21/h2-3,9-10,16-17,21-24,38,43H,4-8,11-15,18-19H2,1H3. The van der Waals surface area contributed by atoms with Gasteiger partial charge < -0.3 is 15.3 Å². The minimum absolute atomic E-state index is 0.121. The van der Waals surface area contributed by atoms with Gasteiger partial charge in [0.1, 0.15) is 22.9 Å². The summed E-state index contributed by atoms with van der Waals surface area (Å²) in [7, 11) is 0. The molecule has 4 saturated heterocycles. The summed E-state index contributed by atoms with van der Waals surface area (Å²) in [4.78, 5) is 15.0. The van der Waals surface area contributed by atoms with E-state index in [0.717, 1.165) is 86.0 Å². The molecule has 8 heteroatoms. The number of nitrogens with zero attached hydrogens (tertiary/aromatic N) is 4. The maximum atomic E-state index is 16.9. The summed E-state index contributed by atoms with van der Waals surface area (Å²) in [6, 6.07) is 13.7. The van der Waals surface area contributed by atoms with Crippen molar-refractivity contribution in [1.82, 2.24) is 20.2 Å². The molecule has 224 valence electrons. The largest absolute Gasteiger partial charge is 0.508 e. The minimum Gasteiger partial charge on any atom is -0.508 e. The van der Waals surface area contributed by atoms with Crippen molar-refractivity contribution in [3.63, 3.8) is 0 Å². The summed E-state index contributed by atoms with van der Waals surface area (Å²) < 4.78 is 16.9. The van der Waals surface area contributed by atoms with Crippen LogP contribution < -0.4 is 10.2 Å². The van der Waals surface area contributed by atoms with Crippen LogP contribution >= 0.6 is 11.6 Å². The van der Waals surface area contributed by atoms with Crippen molar-refractivity contribution in [3.05, 3.63) is 58.6 Å². The number of aryl methyl sites for hydroxylation is 2. The topological polar surface area (TPSA) is 64.5 Å². The van der Waals surface area contributed by atoms with Crippen molar-refractivity contribution in [2.45, 2.75) is 88.9 Å². The lowest BCUT2D eigenvalue weighted by atomic mass is 9.79. The zero-order valence-corrected chi connectivity index (χ0v) is 25.5. The van der Waals surface area contributed by atoms with Crippen LogP contribution in [-0.2, 0) is 6.42 Å². The zero-order valence-electron chi connectivity index (χ0n) is 24.8. The van der Waals surface area contributed by atoms with E-state index in [1.54, 1.807) is 6.07 Å². The number of rotatable bonds is 7. The first-order valence-electron chi connectivity index (χ1n) is 16.1. The fourth-order valence-corrected chi connectivity index (χ4v) is 8.65. The number of nitrogens with one attached hydrogen (secondary N) is 1. The second-order valence-corrected chi connectivity index (χ2v) is 13.6. The average Bonchev–Trinajstić information content (AvgIpc) is 3.36. The van der Waals surface area contributed by atoms with Crippen LogP contribution in [0.1, 0.15) is 62.8 Å². The van der Waals surface area contributed by atoms with Crippen molar-refractivity contribution < 1.29 is 9.50 Å². The lowest BCUT2D eigenvalue weighted by molar-refractivity contribution is -0.0277. The molecule has 4 bridgehead atoms. The van der Waals surface area contributed by atoms with E-state index in [-0.39, 0.29) is 11.3 Å². The summed E-state index contributed by atoms with van der Waals surface area (Å²) in [5.74, 6) is 1.16. The van der Waals surface area contributed by atoms with Crippen LogP contribution in [0.15, 0.2) is 36.4 Å². The smallest absolute Gasteiger partial charge is 0.158 e. The van der Waals surface area contributed by atoms with Crippen molar-refractivity contribution in [3.8, 4) is 16.9 Å². The molecule has 4 unspecified atom stereocenters. The molecule has 0 saturated carbocycles. The Kier molecular flexibility index (Phi) is 6.96. The normalized spacial score (nSPS) is 25.0. The van der Waals surface area contributed by atoms with E-state index in [2.05, 4.69) is 15.1 Å². The van der Waals surface area contributed by atoms with Gasteiger partial charge >= 0.3 is 0 Å². The highest BCUT2D eigenvalue weighted by Crippen LogP contribution is 2.44. The third-order valence-corrected chi connectivity index (χ3v) is 10.9. The summed E-state index contributed by atoms with van der Waals surface area (Å²) in [6.45, 7) is 4.70. The highest BCUT2D eigenvalue weighted by atomic mass is 35.5. The third kappa shape index (κ3) is 4.75. The Hall–Kier alpha value is -3.00. The first-order valence-corrected chi connectivity index (χ1v) is 16.5. The first-order chi connectivity index (χ1) is 20.9. The molecule has 0 amide bonds. The van der Waals surface area contributed by atoms with Crippen LogP contribution in [0, 0.1) is 12.7 Å². The Morgan fingerprint density at radius 2 is 1.72 bits per heavy atom. The lowest BCUT2D eigenvalue weighted by Gasteiger charge is -2.53. The van der Waals surface area contributed by atoms with Crippen molar-refractivity contribution in [1.29, 1.82) is 0 Å². The fraction of sp³-hybridized carbons (Fsp3) is 0.486. The Morgan fingerprint density at radius 3 is 2.47 bits per heavy atom. The Bertz CT molecular complexity index is 1700. The monoisotopic (exact) mass is 599 g/mol.